The van der Waals surface area contributed by atoms with Crippen LogP contribution < -0.4 is 4.90 Å². The van der Waals surface area contributed by atoms with Crippen LogP contribution in [-0.4, -0.2) is 11.8 Å². The van der Waals surface area contributed by atoms with Crippen molar-refractivity contribution in [2.24, 2.45) is 17.8 Å². The summed E-state index contributed by atoms with van der Waals surface area (Å²) >= 11 is 3.09. The van der Waals surface area contributed by atoms with Crippen LogP contribution in [0.15, 0.2) is 22.7 Å². The second-order valence-corrected chi connectivity index (χ2v) is 6.42. The Labute approximate surface area is 125 Å². The molecule has 20 heavy (non-hydrogen) atoms. The Morgan fingerprint density at radius 2 is 1.85 bits per heavy atom. The molecule has 3 rings (SSSR count). The monoisotopic (exact) mass is 339 g/mol. The van der Waals surface area contributed by atoms with E-state index in [-0.39, 0.29) is 28.1 Å². The van der Waals surface area contributed by atoms with Crippen molar-refractivity contribution in [2.45, 2.75) is 26.2 Å². The van der Waals surface area contributed by atoms with Gasteiger partial charge in [0, 0.05) is 0 Å². The summed E-state index contributed by atoms with van der Waals surface area (Å²) < 4.78 is 13.5. The molecule has 0 radical (unpaired) electrons. The SMILES string of the molecule is CCC1CC2C(=O)N(c3ccc(F)c(Br)c3)C(=O)C2C1. The van der Waals surface area contributed by atoms with E-state index in [0.717, 1.165) is 19.3 Å². The van der Waals surface area contributed by atoms with Crippen LogP contribution in [0.5, 0.6) is 0 Å². The highest BCUT2D eigenvalue weighted by molar-refractivity contribution is 9.10. The summed E-state index contributed by atoms with van der Waals surface area (Å²) in [6.07, 6.45) is 2.60. The first-order valence-electron chi connectivity index (χ1n) is 6.85. The van der Waals surface area contributed by atoms with Gasteiger partial charge in [-0.15, -0.1) is 0 Å². The number of imide groups is 1. The van der Waals surface area contributed by atoms with E-state index < -0.39 is 5.82 Å². The van der Waals surface area contributed by atoms with Gasteiger partial charge < -0.3 is 0 Å². The number of rotatable bonds is 2. The molecule has 1 heterocycles. The molecule has 2 atom stereocenters. The Balaban J connectivity index is 1.91. The normalized spacial score (nSPS) is 29.1. The van der Waals surface area contributed by atoms with Crippen LogP contribution in [0, 0.1) is 23.6 Å². The summed E-state index contributed by atoms with van der Waals surface area (Å²) in [5.41, 5.74) is 0.454. The summed E-state index contributed by atoms with van der Waals surface area (Å²) in [7, 11) is 0. The van der Waals surface area contributed by atoms with Gasteiger partial charge in [-0.05, 0) is 52.9 Å². The van der Waals surface area contributed by atoms with Gasteiger partial charge in [0.05, 0.1) is 22.0 Å². The van der Waals surface area contributed by atoms with Gasteiger partial charge in [0.25, 0.3) is 0 Å². The van der Waals surface area contributed by atoms with Crippen molar-refractivity contribution in [3.8, 4) is 0 Å². The first-order valence-corrected chi connectivity index (χ1v) is 7.65. The average Bonchev–Trinajstić information content (AvgIpc) is 2.94. The van der Waals surface area contributed by atoms with Gasteiger partial charge in [-0.2, -0.15) is 0 Å². The van der Waals surface area contributed by atoms with Crippen LogP contribution in [-0.2, 0) is 9.59 Å². The van der Waals surface area contributed by atoms with Crippen molar-refractivity contribution in [3.63, 3.8) is 0 Å². The lowest BCUT2D eigenvalue weighted by molar-refractivity contribution is -0.123. The fraction of sp³-hybridized carbons (Fsp3) is 0.467. The Kier molecular flexibility index (Phi) is 3.40. The molecule has 1 aromatic rings. The number of anilines is 1. The predicted octanol–water partition coefficient (Wildman–Crippen LogP) is 3.51. The highest BCUT2D eigenvalue weighted by Gasteiger charge is 2.52. The minimum absolute atomic E-state index is 0.130. The smallest absolute Gasteiger partial charge is 0.237 e. The van der Waals surface area contributed by atoms with Gasteiger partial charge in [0.15, 0.2) is 0 Å². The molecule has 1 saturated heterocycles. The van der Waals surface area contributed by atoms with Crippen molar-refractivity contribution < 1.29 is 14.0 Å². The molecule has 2 aliphatic rings. The molecular weight excluding hydrogens is 325 g/mol. The lowest BCUT2D eigenvalue weighted by Gasteiger charge is -2.17. The van der Waals surface area contributed by atoms with E-state index in [2.05, 4.69) is 22.9 Å². The van der Waals surface area contributed by atoms with E-state index in [0.29, 0.717) is 11.6 Å². The number of carbonyl (C=O) groups excluding carboxylic acids is 2. The van der Waals surface area contributed by atoms with Crippen LogP contribution in [0.1, 0.15) is 26.2 Å². The maximum Gasteiger partial charge on any atom is 0.237 e. The third-order valence-corrected chi connectivity index (χ3v) is 5.08. The zero-order valence-electron chi connectivity index (χ0n) is 11.1. The molecule has 2 amide bonds. The molecule has 106 valence electrons. The lowest BCUT2D eigenvalue weighted by atomic mass is 10.00. The number of hydrogen-bond donors (Lipinski definition) is 0. The number of hydrogen-bond acceptors (Lipinski definition) is 2. The Hall–Kier alpha value is -1.23. The van der Waals surface area contributed by atoms with Crippen LogP contribution in [0.3, 0.4) is 0 Å². The van der Waals surface area contributed by atoms with Crippen LogP contribution in [0.2, 0.25) is 0 Å². The molecule has 0 bridgehead atoms. The predicted molar refractivity (Wildman–Crippen MR) is 76.6 cm³/mol. The molecule has 0 spiro atoms. The quantitative estimate of drug-likeness (QED) is 0.773. The summed E-state index contributed by atoms with van der Waals surface area (Å²) in [6, 6.07) is 4.24. The number of benzene rings is 1. The molecule has 2 fully saturated rings. The van der Waals surface area contributed by atoms with E-state index in [1.807, 2.05) is 0 Å². The number of carbonyl (C=O) groups is 2. The Morgan fingerprint density at radius 3 is 2.35 bits per heavy atom. The minimum Gasteiger partial charge on any atom is -0.274 e. The zero-order chi connectivity index (χ0) is 14.4. The van der Waals surface area contributed by atoms with Crippen LogP contribution in [0.25, 0.3) is 0 Å². The molecule has 1 saturated carbocycles. The second-order valence-electron chi connectivity index (χ2n) is 5.57. The Bertz CT molecular complexity index is 565. The van der Waals surface area contributed by atoms with Crippen molar-refractivity contribution in [1.29, 1.82) is 0 Å². The van der Waals surface area contributed by atoms with E-state index in [1.54, 1.807) is 0 Å². The Morgan fingerprint density at radius 1 is 1.25 bits per heavy atom. The summed E-state index contributed by atoms with van der Waals surface area (Å²) in [6.45, 7) is 2.09. The van der Waals surface area contributed by atoms with E-state index >= 15 is 0 Å². The number of fused-ring (bicyclic) bond motifs is 1. The lowest BCUT2D eigenvalue weighted by Crippen LogP contribution is -2.32. The molecule has 3 nitrogen and oxygen atoms in total. The third-order valence-electron chi connectivity index (χ3n) is 4.47. The highest BCUT2D eigenvalue weighted by atomic mass is 79.9. The fourth-order valence-corrected chi connectivity index (χ4v) is 3.71. The summed E-state index contributed by atoms with van der Waals surface area (Å²) in [5.74, 6) is -0.560. The first-order chi connectivity index (χ1) is 9.52. The highest BCUT2D eigenvalue weighted by Crippen LogP contribution is 2.45. The summed E-state index contributed by atoms with van der Waals surface area (Å²) in [4.78, 5) is 26.1. The maximum atomic E-state index is 13.3. The molecular formula is C15H15BrFNO2. The van der Waals surface area contributed by atoms with E-state index in [4.69, 9.17) is 0 Å². The average molecular weight is 340 g/mol. The third kappa shape index (κ3) is 1.99. The molecule has 1 aliphatic heterocycles. The molecule has 0 N–H and O–H groups in total. The van der Waals surface area contributed by atoms with Crippen molar-refractivity contribution in [1.82, 2.24) is 0 Å². The van der Waals surface area contributed by atoms with Gasteiger partial charge in [-0.25, -0.2) is 4.39 Å². The van der Waals surface area contributed by atoms with Crippen LogP contribution in [0.4, 0.5) is 10.1 Å². The van der Waals surface area contributed by atoms with Gasteiger partial charge >= 0.3 is 0 Å². The molecule has 1 aromatic carbocycles. The van der Waals surface area contributed by atoms with Gasteiger partial charge in [-0.1, -0.05) is 13.3 Å². The van der Waals surface area contributed by atoms with Crippen molar-refractivity contribution in [3.05, 3.63) is 28.5 Å². The van der Waals surface area contributed by atoms with Crippen molar-refractivity contribution >= 4 is 33.4 Å². The second kappa shape index (κ2) is 4.95. The number of amides is 2. The maximum absolute atomic E-state index is 13.3. The van der Waals surface area contributed by atoms with Crippen molar-refractivity contribution in [2.75, 3.05) is 4.90 Å². The van der Waals surface area contributed by atoms with E-state index in [9.17, 15) is 14.0 Å². The topological polar surface area (TPSA) is 37.4 Å². The van der Waals surface area contributed by atoms with Crippen LogP contribution >= 0.6 is 15.9 Å². The molecule has 0 aromatic heterocycles. The van der Waals surface area contributed by atoms with Gasteiger partial charge in [0.1, 0.15) is 5.82 Å². The fourth-order valence-electron chi connectivity index (χ4n) is 3.34. The molecule has 5 heteroatoms. The minimum atomic E-state index is -0.404. The zero-order valence-corrected chi connectivity index (χ0v) is 12.7. The summed E-state index contributed by atoms with van der Waals surface area (Å²) in [5, 5.41) is 0. The molecule has 2 unspecified atom stereocenters. The molecule has 1 aliphatic carbocycles. The van der Waals surface area contributed by atoms with E-state index in [1.165, 1.54) is 23.1 Å². The number of halogens is 2. The number of nitrogens with zero attached hydrogens (tertiary/aromatic N) is 1. The van der Waals surface area contributed by atoms with Gasteiger partial charge in [-0.3, -0.25) is 14.5 Å². The standard InChI is InChI=1S/C15H15BrFNO2/c1-2-8-5-10-11(6-8)15(20)18(14(10)19)9-3-4-13(17)12(16)7-9/h3-4,7-8,10-11H,2,5-6H2,1H3. The van der Waals surface area contributed by atoms with Gasteiger partial charge in [0.2, 0.25) is 11.8 Å². The first kappa shape index (κ1) is 13.7. The largest absolute Gasteiger partial charge is 0.274 e.